The first-order valence-electron chi connectivity index (χ1n) is 7.59. The molecule has 21 heavy (non-hydrogen) atoms. The van der Waals surface area contributed by atoms with E-state index in [1.54, 1.807) is 12.1 Å². The minimum atomic E-state index is -0.368. The lowest BCUT2D eigenvalue weighted by Crippen LogP contribution is -2.43. The van der Waals surface area contributed by atoms with E-state index in [1.165, 1.54) is 31.4 Å². The number of aliphatic hydroxyl groups excluding tert-OH is 1. The average Bonchev–Trinajstić information content (AvgIpc) is 2.47. The van der Waals surface area contributed by atoms with Gasteiger partial charge >= 0.3 is 0 Å². The van der Waals surface area contributed by atoms with E-state index in [-0.39, 0.29) is 24.9 Å². The normalized spacial score (nSPS) is 16.1. The number of carbonyl (C=O) groups excluding carboxylic acids is 1. The van der Waals surface area contributed by atoms with Gasteiger partial charge < -0.3 is 10.4 Å². The first-order chi connectivity index (χ1) is 10.2. The fourth-order valence-electron chi connectivity index (χ4n) is 2.92. The van der Waals surface area contributed by atoms with Crippen molar-refractivity contribution >= 4 is 11.6 Å². The Morgan fingerprint density at radius 1 is 1.33 bits per heavy atom. The second kappa shape index (κ2) is 8.10. The molecule has 5 heteroatoms. The van der Waals surface area contributed by atoms with Crippen molar-refractivity contribution in [3.05, 3.63) is 30.1 Å². The van der Waals surface area contributed by atoms with Gasteiger partial charge in [0.25, 0.3) is 0 Å². The van der Waals surface area contributed by atoms with Crippen molar-refractivity contribution < 1.29 is 14.3 Å². The van der Waals surface area contributed by atoms with Crippen molar-refractivity contribution in [3.8, 4) is 0 Å². The zero-order chi connectivity index (χ0) is 15.1. The van der Waals surface area contributed by atoms with Crippen LogP contribution in [0.15, 0.2) is 24.3 Å². The molecule has 0 heterocycles. The third kappa shape index (κ3) is 5.10. The van der Waals surface area contributed by atoms with Crippen LogP contribution in [-0.4, -0.2) is 41.7 Å². The second-order valence-corrected chi connectivity index (χ2v) is 5.54. The van der Waals surface area contributed by atoms with Crippen molar-refractivity contribution in [2.24, 2.45) is 0 Å². The molecule has 1 saturated carbocycles. The number of nitrogens with zero attached hydrogens (tertiary/aromatic N) is 1. The maximum Gasteiger partial charge on any atom is 0.238 e. The lowest BCUT2D eigenvalue weighted by molar-refractivity contribution is -0.118. The highest BCUT2D eigenvalue weighted by Gasteiger charge is 2.22. The summed E-state index contributed by atoms with van der Waals surface area (Å²) in [4.78, 5) is 14.1. The van der Waals surface area contributed by atoms with Crippen LogP contribution in [0.2, 0.25) is 0 Å². The Hall–Kier alpha value is -1.46. The first kappa shape index (κ1) is 15.9. The molecule has 4 nitrogen and oxygen atoms in total. The minimum absolute atomic E-state index is 0.0454. The Kier molecular flexibility index (Phi) is 6.14. The molecule has 2 N–H and O–H groups in total. The largest absolute Gasteiger partial charge is 0.395 e. The van der Waals surface area contributed by atoms with E-state index in [4.69, 9.17) is 0 Å². The number of anilines is 1. The van der Waals surface area contributed by atoms with Gasteiger partial charge in [0, 0.05) is 18.3 Å². The van der Waals surface area contributed by atoms with Crippen LogP contribution in [0.25, 0.3) is 0 Å². The first-order valence-corrected chi connectivity index (χ1v) is 7.59. The summed E-state index contributed by atoms with van der Waals surface area (Å²) in [5.41, 5.74) is 0.465. The quantitative estimate of drug-likeness (QED) is 0.847. The molecule has 0 aliphatic heterocycles. The topological polar surface area (TPSA) is 52.6 Å². The van der Waals surface area contributed by atoms with E-state index in [9.17, 15) is 14.3 Å². The molecule has 1 fully saturated rings. The van der Waals surface area contributed by atoms with Gasteiger partial charge in [0.15, 0.2) is 0 Å². The molecule has 1 aliphatic rings. The maximum atomic E-state index is 13.1. The second-order valence-electron chi connectivity index (χ2n) is 5.54. The number of carbonyl (C=O) groups is 1. The molecular formula is C16H23FN2O2. The summed E-state index contributed by atoms with van der Waals surface area (Å²) in [5, 5.41) is 11.9. The molecule has 116 valence electrons. The van der Waals surface area contributed by atoms with E-state index in [2.05, 4.69) is 5.32 Å². The molecule has 0 atom stereocenters. The summed E-state index contributed by atoms with van der Waals surface area (Å²) >= 11 is 0. The monoisotopic (exact) mass is 294 g/mol. The number of benzene rings is 1. The van der Waals surface area contributed by atoms with Crippen LogP contribution < -0.4 is 5.32 Å². The smallest absolute Gasteiger partial charge is 0.238 e. The fraction of sp³-hybridized carbons (Fsp3) is 0.562. The third-order valence-corrected chi connectivity index (χ3v) is 3.93. The molecule has 1 aromatic carbocycles. The van der Waals surface area contributed by atoms with E-state index >= 15 is 0 Å². The van der Waals surface area contributed by atoms with Crippen LogP contribution in [0.5, 0.6) is 0 Å². The lowest BCUT2D eigenvalue weighted by atomic mass is 9.94. The van der Waals surface area contributed by atoms with Gasteiger partial charge in [-0.3, -0.25) is 9.69 Å². The predicted octanol–water partition coefficient (Wildman–Crippen LogP) is 2.39. The zero-order valence-electron chi connectivity index (χ0n) is 12.2. The van der Waals surface area contributed by atoms with Crippen molar-refractivity contribution in [3.63, 3.8) is 0 Å². The number of nitrogens with one attached hydrogen (secondary N) is 1. The Labute approximate surface area is 125 Å². The van der Waals surface area contributed by atoms with Gasteiger partial charge in [-0.2, -0.15) is 0 Å². The lowest BCUT2D eigenvalue weighted by Gasteiger charge is -2.33. The van der Waals surface area contributed by atoms with Crippen LogP contribution in [0.4, 0.5) is 10.1 Å². The number of hydrogen-bond acceptors (Lipinski definition) is 3. The molecular weight excluding hydrogens is 271 g/mol. The van der Waals surface area contributed by atoms with Crippen molar-refractivity contribution in [1.29, 1.82) is 0 Å². The molecule has 1 aromatic rings. The predicted molar refractivity (Wildman–Crippen MR) is 80.6 cm³/mol. The van der Waals surface area contributed by atoms with E-state index in [0.717, 1.165) is 12.8 Å². The molecule has 0 saturated heterocycles. The Morgan fingerprint density at radius 3 is 2.76 bits per heavy atom. The fourth-order valence-corrected chi connectivity index (χ4v) is 2.92. The van der Waals surface area contributed by atoms with Gasteiger partial charge in [-0.05, 0) is 31.0 Å². The van der Waals surface area contributed by atoms with Crippen molar-refractivity contribution in [2.75, 3.05) is 25.0 Å². The van der Waals surface area contributed by atoms with Crippen LogP contribution in [-0.2, 0) is 4.79 Å². The van der Waals surface area contributed by atoms with Gasteiger partial charge in [-0.25, -0.2) is 4.39 Å². The number of rotatable bonds is 6. The number of aliphatic hydroxyl groups is 1. The van der Waals surface area contributed by atoms with Crippen LogP contribution >= 0.6 is 0 Å². The number of hydrogen-bond donors (Lipinski definition) is 2. The van der Waals surface area contributed by atoms with E-state index in [1.807, 2.05) is 4.90 Å². The number of halogens is 1. The average molecular weight is 294 g/mol. The summed E-state index contributed by atoms with van der Waals surface area (Å²) in [6.45, 7) is 0.784. The molecule has 0 radical (unpaired) electrons. The number of amides is 1. The summed E-state index contributed by atoms with van der Waals surface area (Å²) < 4.78 is 13.1. The van der Waals surface area contributed by atoms with Crippen LogP contribution in [0.3, 0.4) is 0 Å². The Balaban J connectivity index is 1.91. The molecule has 0 unspecified atom stereocenters. The van der Waals surface area contributed by atoms with Crippen LogP contribution in [0.1, 0.15) is 32.1 Å². The SMILES string of the molecule is O=C(CN(CCO)C1CCCCC1)Nc1cccc(F)c1. The summed E-state index contributed by atoms with van der Waals surface area (Å²) in [7, 11) is 0. The van der Waals surface area contributed by atoms with Gasteiger partial charge in [0.2, 0.25) is 5.91 Å². The van der Waals surface area contributed by atoms with Crippen LogP contribution in [0, 0.1) is 5.82 Å². The highest BCUT2D eigenvalue weighted by Crippen LogP contribution is 2.22. The highest BCUT2D eigenvalue weighted by molar-refractivity contribution is 5.92. The Bertz CT molecular complexity index is 461. The van der Waals surface area contributed by atoms with E-state index < -0.39 is 0 Å². The molecule has 0 bridgehead atoms. The van der Waals surface area contributed by atoms with Gasteiger partial charge in [0.1, 0.15) is 5.82 Å². The molecule has 2 rings (SSSR count). The minimum Gasteiger partial charge on any atom is -0.395 e. The maximum absolute atomic E-state index is 13.1. The van der Waals surface area contributed by atoms with E-state index in [0.29, 0.717) is 18.3 Å². The van der Waals surface area contributed by atoms with Gasteiger partial charge in [-0.15, -0.1) is 0 Å². The highest BCUT2D eigenvalue weighted by atomic mass is 19.1. The zero-order valence-corrected chi connectivity index (χ0v) is 12.2. The van der Waals surface area contributed by atoms with Gasteiger partial charge in [-0.1, -0.05) is 25.3 Å². The summed E-state index contributed by atoms with van der Waals surface area (Å²) in [6.07, 6.45) is 5.76. The third-order valence-electron chi connectivity index (χ3n) is 3.93. The standard InChI is InChI=1S/C16H23FN2O2/c17-13-5-4-6-14(11-13)18-16(21)12-19(9-10-20)15-7-2-1-3-8-15/h4-6,11,15,20H,1-3,7-10,12H2,(H,18,21). The summed E-state index contributed by atoms with van der Waals surface area (Å²) in [5.74, 6) is -0.535. The molecule has 1 amide bonds. The molecule has 0 aromatic heterocycles. The van der Waals surface area contributed by atoms with Crippen molar-refractivity contribution in [2.45, 2.75) is 38.1 Å². The van der Waals surface area contributed by atoms with Gasteiger partial charge in [0.05, 0.1) is 13.2 Å². The Morgan fingerprint density at radius 2 is 2.10 bits per heavy atom. The summed E-state index contributed by atoms with van der Waals surface area (Å²) in [6, 6.07) is 6.24. The molecule has 1 aliphatic carbocycles. The molecule has 0 spiro atoms. The van der Waals surface area contributed by atoms with Crippen molar-refractivity contribution in [1.82, 2.24) is 4.90 Å².